The first-order chi connectivity index (χ1) is 8.66. The molecule has 0 bridgehead atoms. The highest BCUT2D eigenvalue weighted by Gasteiger charge is 2.16. The van der Waals surface area contributed by atoms with Crippen LogP contribution in [0.4, 0.5) is 0 Å². The van der Waals surface area contributed by atoms with Crippen LogP contribution >= 0.6 is 15.9 Å². The predicted molar refractivity (Wildman–Crippen MR) is 70.2 cm³/mol. The van der Waals surface area contributed by atoms with E-state index in [1.165, 1.54) is 0 Å². The molecule has 4 nitrogen and oxygen atoms in total. The second-order valence-electron chi connectivity index (χ2n) is 4.22. The molecule has 0 aromatic heterocycles. The number of carbonyl (C=O) groups is 1. The normalized spacial score (nSPS) is 18.8. The van der Waals surface area contributed by atoms with Crippen LogP contribution < -0.4 is 4.74 Å². The van der Waals surface area contributed by atoms with Crippen LogP contribution in [0.2, 0.25) is 0 Å². The lowest BCUT2D eigenvalue weighted by Gasteiger charge is -2.12. The number of rotatable bonds is 5. The number of benzene rings is 1. The summed E-state index contributed by atoms with van der Waals surface area (Å²) in [6.07, 6.45) is 3.22. The molecule has 1 N–H and O–H groups in total. The molecule has 0 saturated carbocycles. The van der Waals surface area contributed by atoms with Crippen LogP contribution in [0.3, 0.4) is 0 Å². The van der Waals surface area contributed by atoms with E-state index in [0.717, 1.165) is 30.3 Å². The third-order valence-electron chi connectivity index (χ3n) is 2.89. The van der Waals surface area contributed by atoms with Gasteiger partial charge in [-0.1, -0.05) is 15.9 Å². The fourth-order valence-electron chi connectivity index (χ4n) is 1.97. The van der Waals surface area contributed by atoms with Gasteiger partial charge in [0.1, 0.15) is 11.3 Å². The van der Waals surface area contributed by atoms with E-state index in [4.69, 9.17) is 14.6 Å². The molecule has 5 heteroatoms. The van der Waals surface area contributed by atoms with Gasteiger partial charge < -0.3 is 14.6 Å². The van der Waals surface area contributed by atoms with Crippen molar-refractivity contribution in [3.63, 3.8) is 0 Å². The molecule has 0 aliphatic carbocycles. The van der Waals surface area contributed by atoms with Gasteiger partial charge >= 0.3 is 5.97 Å². The third kappa shape index (κ3) is 3.46. The van der Waals surface area contributed by atoms with E-state index in [2.05, 4.69) is 15.9 Å². The zero-order chi connectivity index (χ0) is 13.0. The van der Waals surface area contributed by atoms with E-state index < -0.39 is 5.97 Å². The van der Waals surface area contributed by atoms with Crippen molar-refractivity contribution in [1.82, 2.24) is 0 Å². The maximum atomic E-state index is 11.1. The largest absolute Gasteiger partial charge is 0.493 e. The number of carboxylic acids is 1. The maximum absolute atomic E-state index is 11.1. The lowest BCUT2D eigenvalue weighted by molar-refractivity contribution is 0.0689. The Bertz CT molecular complexity index is 427. The van der Waals surface area contributed by atoms with Crippen molar-refractivity contribution >= 4 is 21.9 Å². The summed E-state index contributed by atoms with van der Waals surface area (Å²) in [7, 11) is 0. The highest BCUT2D eigenvalue weighted by Crippen LogP contribution is 2.24. The molecule has 1 unspecified atom stereocenters. The minimum atomic E-state index is -0.983. The number of hydrogen-bond donors (Lipinski definition) is 1. The van der Waals surface area contributed by atoms with Crippen LogP contribution in [-0.2, 0) is 4.74 Å². The molecule has 1 aliphatic rings. The molecule has 1 fully saturated rings. The molecule has 18 heavy (non-hydrogen) atoms. The fourth-order valence-corrected chi connectivity index (χ4v) is 2.33. The summed E-state index contributed by atoms with van der Waals surface area (Å²) in [5, 5.41) is 9.08. The standard InChI is InChI=1S/C13H15BrO4/c14-9-3-4-12(11(8-9)13(15)16)18-7-5-10-2-1-6-17-10/h3-4,8,10H,1-2,5-7H2,(H,15,16). The minimum absolute atomic E-state index is 0.178. The summed E-state index contributed by atoms with van der Waals surface area (Å²) in [5.74, 6) is -0.577. The molecule has 1 heterocycles. The van der Waals surface area contributed by atoms with E-state index in [1.54, 1.807) is 18.2 Å². The summed E-state index contributed by atoms with van der Waals surface area (Å²) in [4.78, 5) is 11.1. The minimum Gasteiger partial charge on any atom is -0.493 e. The van der Waals surface area contributed by atoms with Gasteiger partial charge in [0.15, 0.2) is 0 Å². The molecule has 0 radical (unpaired) electrons. The van der Waals surface area contributed by atoms with Gasteiger partial charge in [0.25, 0.3) is 0 Å². The molecule has 0 amide bonds. The number of carboxylic acid groups (broad SMARTS) is 1. The Morgan fingerprint density at radius 3 is 3.06 bits per heavy atom. The van der Waals surface area contributed by atoms with E-state index in [9.17, 15) is 4.79 Å². The first-order valence-corrected chi connectivity index (χ1v) is 6.73. The van der Waals surface area contributed by atoms with Crippen LogP contribution in [-0.4, -0.2) is 30.4 Å². The molecule has 2 rings (SSSR count). The third-order valence-corrected chi connectivity index (χ3v) is 3.39. The van der Waals surface area contributed by atoms with E-state index in [-0.39, 0.29) is 11.7 Å². The van der Waals surface area contributed by atoms with Crippen molar-refractivity contribution in [2.45, 2.75) is 25.4 Å². The first kappa shape index (κ1) is 13.4. The summed E-state index contributed by atoms with van der Waals surface area (Å²) in [5.41, 5.74) is 0.178. The molecular formula is C13H15BrO4. The van der Waals surface area contributed by atoms with Gasteiger partial charge in [0.2, 0.25) is 0 Å². The van der Waals surface area contributed by atoms with Gasteiger partial charge in [-0.25, -0.2) is 4.79 Å². The molecule has 1 aromatic carbocycles. The van der Waals surface area contributed by atoms with Gasteiger partial charge in [-0.3, -0.25) is 0 Å². The van der Waals surface area contributed by atoms with Crippen LogP contribution in [0.15, 0.2) is 22.7 Å². The van der Waals surface area contributed by atoms with Crippen molar-refractivity contribution in [2.75, 3.05) is 13.2 Å². The lowest BCUT2D eigenvalue weighted by Crippen LogP contribution is -2.12. The molecule has 1 aromatic rings. The van der Waals surface area contributed by atoms with E-state index in [1.807, 2.05) is 0 Å². The Balaban J connectivity index is 1.93. The van der Waals surface area contributed by atoms with Crippen LogP contribution in [0, 0.1) is 0 Å². The van der Waals surface area contributed by atoms with Gasteiger partial charge in [-0.05, 0) is 31.0 Å². The van der Waals surface area contributed by atoms with Gasteiger partial charge in [-0.2, -0.15) is 0 Å². The number of hydrogen-bond acceptors (Lipinski definition) is 3. The monoisotopic (exact) mass is 314 g/mol. The van der Waals surface area contributed by atoms with Crippen LogP contribution in [0.5, 0.6) is 5.75 Å². The Labute approximate surface area is 114 Å². The van der Waals surface area contributed by atoms with Gasteiger partial charge in [0.05, 0.1) is 12.7 Å². The number of aromatic carboxylic acids is 1. The molecule has 98 valence electrons. The van der Waals surface area contributed by atoms with Crippen LogP contribution in [0.1, 0.15) is 29.6 Å². The summed E-state index contributed by atoms with van der Waals surface area (Å²) in [6, 6.07) is 4.99. The summed E-state index contributed by atoms with van der Waals surface area (Å²) < 4.78 is 11.7. The fraction of sp³-hybridized carbons (Fsp3) is 0.462. The first-order valence-electron chi connectivity index (χ1n) is 5.94. The second-order valence-corrected chi connectivity index (χ2v) is 5.13. The average molecular weight is 315 g/mol. The molecule has 1 atom stereocenters. The van der Waals surface area contributed by atoms with Gasteiger partial charge in [-0.15, -0.1) is 0 Å². The van der Waals surface area contributed by atoms with Crippen LogP contribution in [0.25, 0.3) is 0 Å². The molecule has 1 saturated heterocycles. The van der Waals surface area contributed by atoms with Crippen molar-refractivity contribution in [3.05, 3.63) is 28.2 Å². The Kier molecular flexibility index (Phi) is 4.60. The van der Waals surface area contributed by atoms with E-state index >= 15 is 0 Å². The highest BCUT2D eigenvalue weighted by atomic mass is 79.9. The summed E-state index contributed by atoms with van der Waals surface area (Å²) >= 11 is 3.25. The van der Waals surface area contributed by atoms with Crippen molar-refractivity contribution in [3.8, 4) is 5.75 Å². The molecular weight excluding hydrogens is 300 g/mol. The number of halogens is 1. The Morgan fingerprint density at radius 2 is 2.39 bits per heavy atom. The summed E-state index contributed by atoms with van der Waals surface area (Å²) in [6.45, 7) is 1.30. The van der Waals surface area contributed by atoms with Crippen molar-refractivity contribution in [2.24, 2.45) is 0 Å². The lowest BCUT2D eigenvalue weighted by atomic mass is 10.2. The SMILES string of the molecule is O=C(O)c1cc(Br)ccc1OCCC1CCCO1. The van der Waals surface area contributed by atoms with Gasteiger partial charge in [0, 0.05) is 17.5 Å². The number of ether oxygens (including phenoxy) is 2. The van der Waals surface area contributed by atoms with E-state index in [0.29, 0.717) is 12.4 Å². The Hall–Kier alpha value is -1.07. The molecule has 0 spiro atoms. The highest BCUT2D eigenvalue weighted by molar-refractivity contribution is 9.10. The smallest absolute Gasteiger partial charge is 0.339 e. The second kappa shape index (κ2) is 6.20. The molecule has 1 aliphatic heterocycles. The Morgan fingerprint density at radius 1 is 1.56 bits per heavy atom. The predicted octanol–water partition coefficient (Wildman–Crippen LogP) is 3.10. The zero-order valence-electron chi connectivity index (χ0n) is 9.89. The zero-order valence-corrected chi connectivity index (χ0v) is 11.5. The average Bonchev–Trinajstić information content (AvgIpc) is 2.84. The van der Waals surface area contributed by atoms with Crippen molar-refractivity contribution in [1.29, 1.82) is 0 Å². The maximum Gasteiger partial charge on any atom is 0.339 e. The quantitative estimate of drug-likeness (QED) is 0.907. The topological polar surface area (TPSA) is 55.8 Å². The van der Waals surface area contributed by atoms with Crippen molar-refractivity contribution < 1.29 is 19.4 Å².